The molecule has 1 aliphatic carbocycles. The van der Waals surface area contributed by atoms with Crippen LogP contribution >= 0.6 is 0 Å². The van der Waals surface area contributed by atoms with Crippen LogP contribution in [0.5, 0.6) is 0 Å². The van der Waals surface area contributed by atoms with Crippen LogP contribution in [-0.2, 0) is 17.6 Å². The summed E-state index contributed by atoms with van der Waals surface area (Å²) in [7, 11) is 1.83. The molecule has 0 aromatic carbocycles. The number of hydrogen-bond acceptors (Lipinski definition) is 3. The third-order valence-electron chi connectivity index (χ3n) is 4.61. The van der Waals surface area contributed by atoms with Crippen molar-refractivity contribution in [2.24, 2.45) is 5.73 Å². The zero-order valence-electron chi connectivity index (χ0n) is 12.8. The molecule has 0 saturated heterocycles. The second-order valence-corrected chi connectivity index (χ2v) is 5.73. The first kappa shape index (κ1) is 15.0. The van der Waals surface area contributed by atoms with Gasteiger partial charge >= 0.3 is 0 Å². The molecule has 1 aromatic rings. The van der Waals surface area contributed by atoms with Crippen LogP contribution in [0, 0.1) is 0 Å². The topological polar surface area (TPSA) is 72.9 Å². The molecule has 1 aromatic heterocycles. The molecular formula is C15H26N4O. The molecule has 3 N–H and O–H groups in total. The summed E-state index contributed by atoms with van der Waals surface area (Å²) >= 11 is 0. The Labute approximate surface area is 120 Å². The number of primary amides is 1. The number of nitrogens with two attached hydrogens (primary N) is 1. The van der Waals surface area contributed by atoms with Crippen LogP contribution in [0.2, 0.25) is 0 Å². The molecule has 0 aliphatic heterocycles. The van der Waals surface area contributed by atoms with Crippen LogP contribution in [0.15, 0.2) is 6.07 Å². The highest BCUT2D eigenvalue weighted by Gasteiger charge is 2.41. The molecule has 1 fully saturated rings. The van der Waals surface area contributed by atoms with E-state index in [1.165, 1.54) is 5.69 Å². The Balaban J connectivity index is 2.28. The average molecular weight is 278 g/mol. The first-order valence-corrected chi connectivity index (χ1v) is 7.62. The third kappa shape index (κ3) is 2.59. The molecule has 5 heteroatoms. The summed E-state index contributed by atoms with van der Waals surface area (Å²) in [5.41, 5.74) is 7.43. The molecule has 0 radical (unpaired) electrons. The lowest BCUT2D eigenvalue weighted by Crippen LogP contribution is -2.56. The highest BCUT2D eigenvalue weighted by atomic mass is 16.1. The van der Waals surface area contributed by atoms with Gasteiger partial charge < -0.3 is 11.1 Å². The fraction of sp³-hybridized carbons (Fsp3) is 0.733. The predicted octanol–water partition coefficient (Wildman–Crippen LogP) is 1.57. The lowest BCUT2D eigenvalue weighted by Gasteiger charge is -2.38. The number of aromatic nitrogens is 2. The van der Waals surface area contributed by atoms with Gasteiger partial charge in [0, 0.05) is 5.69 Å². The zero-order chi connectivity index (χ0) is 14.8. The van der Waals surface area contributed by atoms with Crippen LogP contribution in [-0.4, -0.2) is 28.3 Å². The molecule has 5 nitrogen and oxygen atoms in total. The molecule has 1 heterocycles. The third-order valence-corrected chi connectivity index (χ3v) is 4.61. The average Bonchev–Trinajstić information content (AvgIpc) is 2.90. The minimum atomic E-state index is -0.577. The Morgan fingerprint density at radius 2 is 2.30 bits per heavy atom. The largest absolute Gasteiger partial charge is 0.368 e. The first-order chi connectivity index (χ1) is 9.56. The number of nitrogens with one attached hydrogen (secondary N) is 1. The van der Waals surface area contributed by atoms with Gasteiger partial charge in [-0.05, 0) is 51.6 Å². The SMILES string of the molecule is CCc1cc(CC)n(C2CCCC(NC)(C(N)=O)C2)n1. The molecule has 2 atom stereocenters. The van der Waals surface area contributed by atoms with Gasteiger partial charge in [0.2, 0.25) is 5.91 Å². The van der Waals surface area contributed by atoms with E-state index in [0.29, 0.717) is 0 Å². The van der Waals surface area contributed by atoms with Crippen molar-refractivity contribution >= 4 is 5.91 Å². The van der Waals surface area contributed by atoms with Gasteiger partial charge in [-0.15, -0.1) is 0 Å². The Hall–Kier alpha value is -1.36. The van der Waals surface area contributed by atoms with Gasteiger partial charge in [0.15, 0.2) is 0 Å². The highest BCUT2D eigenvalue weighted by molar-refractivity contribution is 5.84. The molecule has 0 bridgehead atoms. The Bertz CT molecular complexity index is 482. The number of carbonyl (C=O) groups is 1. The van der Waals surface area contributed by atoms with Gasteiger partial charge in [-0.1, -0.05) is 13.8 Å². The Morgan fingerprint density at radius 3 is 2.85 bits per heavy atom. The van der Waals surface area contributed by atoms with E-state index >= 15 is 0 Å². The molecule has 0 spiro atoms. The minimum Gasteiger partial charge on any atom is -0.368 e. The maximum Gasteiger partial charge on any atom is 0.237 e. The van der Waals surface area contributed by atoms with Crippen molar-refractivity contribution in [2.75, 3.05) is 7.05 Å². The van der Waals surface area contributed by atoms with Crippen LogP contribution < -0.4 is 11.1 Å². The van der Waals surface area contributed by atoms with Crippen molar-refractivity contribution in [2.45, 2.75) is 64.0 Å². The zero-order valence-corrected chi connectivity index (χ0v) is 12.8. The van der Waals surface area contributed by atoms with Gasteiger partial charge in [-0.2, -0.15) is 5.10 Å². The molecule has 1 saturated carbocycles. The number of carbonyl (C=O) groups excluding carboxylic acids is 1. The first-order valence-electron chi connectivity index (χ1n) is 7.62. The molecule has 20 heavy (non-hydrogen) atoms. The van der Waals surface area contributed by atoms with Crippen LogP contribution in [0.3, 0.4) is 0 Å². The van der Waals surface area contributed by atoms with Crippen molar-refractivity contribution < 1.29 is 4.79 Å². The van der Waals surface area contributed by atoms with E-state index in [-0.39, 0.29) is 11.9 Å². The fourth-order valence-corrected chi connectivity index (χ4v) is 3.27. The van der Waals surface area contributed by atoms with Crippen molar-refractivity contribution in [3.63, 3.8) is 0 Å². The Morgan fingerprint density at radius 1 is 1.55 bits per heavy atom. The second-order valence-electron chi connectivity index (χ2n) is 5.73. The summed E-state index contributed by atoms with van der Waals surface area (Å²) in [5.74, 6) is -0.245. The minimum absolute atomic E-state index is 0.245. The van der Waals surface area contributed by atoms with E-state index in [0.717, 1.165) is 44.2 Å². The molecule has 1 amide bonds. The normalized spacial score (nSPS) is 26.6. The van der Waals surface area contributed by atoms with Crippen LogP contribution in [0.1, 0.15) is 57.0 Å². The van der Waals surface area contributed by atoms with Gasteiger partial charge in [-0.25, -0.2) is 0 Å². The lowest BCUT2D eigenvalue weighted by molar-refractivity contribution is -0.126. The van der Waals surface area contributed by atoms with Gasteiger partial charge in [-0.3, -0.25) is 9.48 Å². The highest BCUT2D eigenvalue weighted by Crippen LogP contribution is 2.36. The van der Waals surface area contributed by atoms with E-state index in [9.17, 15) is 4.79 Å². The summed E-state index contributed by atoms with van der Waals surface area (Å²) in [4.78, 5) is 11.8. The van der Waals surface area contributed by atoms with Crippen LogP contribution in [0.25, 0.3) is 0 Å². The number of rotatable bonds is 5. The number of amides is 1. The van der Waals surface area contributed by atoms with Crippen molar-refractivity contribution in [3.05, 3.63) is 17.5 Å². The summed E-state index contributed by atoms with van der Waals surface area (Å²) < 4.78 is 2.13. The monoisotopic (exact) mass is 278 g/mol. The maximum absolute atomic E-state index is 11.8. The molecule has 2 rings (SSSR count). The molecule has 1 aliphatic rings. The van der Waals surface area contributed by atoms with E-state index in [2.05, 4.69) is 29.9 Å². The van der Waals surface area contributed by atoms with Crippen molar-refractivity contribution in [3.8, 4) is 0 Å². The summed E-state index contributed by atoms with van der Waals surface area (Å²) in [6.45, 7) is 4.27. The number of aryl methyl sites for hydroxylation is 2. The van der Waals surface area contributed by atoms with Crippen LogP contribution in [0.4, 0.5) is 0 Å². The number of hydrogen-bond donors (Lipinski definition) is 2. The summed E-state index contributed by atoms with van der Waals surface area (Å²) in [6.07, 6.45) is 5.52. The quantitative estimate of drug-likeness (QED) is 0.858. The maximum atomic E-state index is 11.8. The van der Waals surface area contributed by atoms with E-state index in [4.69, 9.17) is 10.8 Å². The van der Waals surface area contributed by atoms with E-state index < -0.39 is 5.54 Å². The van der Waals surface area contributed by atoms with Crippen molar-refractivity contribution in [1.82, 2.24) is 15.1 Å². The standard InChI is InChI=1S/C15H26N4O/c1-4-11-9-12(5-2)19(18-11)13-7-6-8-15(10-13,17-3)14(16)20/h9,13,17H,4-8,10H2,1-3H3,(H2,16,20). The van der Waals surface area contributed by atoms with Crippen molar-refractivity contribution in [1.29, 1.82) is 0 Å². The summed E-state index contributed by atoms with van der Waals surface area (Å²) in [6, 6.07) is 2.44. The van der Waals surface area contributed by atoms with E-state index in [1.807, 2.05) is 7.05 Å². The second kappa shape index (κ2) is 5.95. The molecule has 112 valence electrons. The molecule has 2 unspecified atom stereocenters. The Kier molecular flexibility index (Phi) is 4.48. The fourth-order valence-electron chi connectivity index (χ4n) is 3.27. The number of nitrogens with zero attached hydrogens (tertiary/aromatic N) is 2. The predicted molar refractivity (Wildman–Crippen MR) is 79.5 cm³/mol. The van der Waals surface area contributed by atoms with E-state index in [1.54, 1.807) is 0 Å². The lowest BCUT2D eigenvalue weighted by atomic mass is 9.78. The number of likely N-dealkylation sites (N-methyl/N-ethyl adjacent to an activating group) is 1. The van der Waals surface area contributed by atoms with Gasteiger partial charge in [0.05, 0.1) is 17.3 Å². The summed E-state index contributed by atoms with van der Waals surface area (Å²) in [5, 5.41) is 7.88. The van der Waals surface area contributed by atoms with Gasteiger partial charge in [0.1, 0.15) is 0 Å². The smallest absolute Gasteiger partial charge is 0.237 e. The molecular weight excluding hydrogens is 252 g/mol. The van der Waals surface area contributed by atoms with Gasteiger partial charge in [0.25, 0.3) is 0 Å².